The maximum Gasteiger partial charge on any atom is 0.308 e. The molecule has 152 valence electrons. The summed E-state index contributed by atoms with van der Waals surface area (Å²) in [6, 6.07) is 0. The zero-order valence-electron chi connectivity index (χ0n) is 16.0. The van der Waals surface area contributed by atoms with Gasteiger partial charge < -0.3 is 19.3 Å². The van der Waals surface area contributed by atoms with Gasteiger partial charge in [0.05, 0.1) is 12.8 Å². The molecular formula is C19H28O8. The highest BCUT2D eigenvalue weighted by molar-refractivity contribution is 5.76. The van der Waals surface area contributed by atoms with Crippen molar-refractivity contribution < 1.29 is 38.7 Å². The van der Waals surface area contributed by atoms with Gasteiger partial charge in [-0.1, -0.05) is 13.8 Å². The van der Waals surface area contributed by atoms with Crippen LogP contribution in [0.5, 0.6) is 0 Å². The van der Waals surface area contributed by atoms with Gasteiger partial charge in [0.2, 0.25) is 12.1 Å². The van der Waals surface area contributed by atoms with E-state index in [2.05, 4.69) is 6.92 Å². The molecule has 5 fully saturated rings. The van der Waals surface area contributed by atoms with E-state index in [9.17, 15) is 9.59 Å². The molecule has 1 N–H and O–H groups in total. The fourth-order valence-electron chi connectivity index (χ4n) is 5.40. The van der Waals surface area contributed by atoms with Crippen molar-refractivity contribution in [1.82, 2.24) is 0 Å². The largest absolute Gasteiger partial charge is 0.481 e. The number of rotatable bonds is 4. The first-order chi connectivity index (χ1) is 12.7. The van der Waals surface area contributed by atoms with Gasteiger partial charge in [0.15, 0.2) is 11.9 Å². The summed E-state index contributed by atoms with van der Waals surface area (Å²) in [5.74, 6) is -1.82. The molecule has 8 nitrogen and oxygen atoms in total. The molecule has 4 aliphatic heterocycles. The van der Waals surface area contributed by atoms with E-state index in [1.807, 2.05) is 13.8 Å². The number of carbonyl (C=O) groups is 2. The van der Waals surface area contributed by atoms with Gasteiger partial charge in [-0.15, -0.1) is 0 Å². The Morgan fingerprint density at radius 3 is 2.63 bits per heavy atom. The Balaban J connectivity index is 1.58. The highest BCUT2D eigenvalue weighted by Gasteiger charge is 2.69. The van der Waals surface area contributed by atoms with Crippen LogP contribution < -0.4 is 0 Å². The summed E-state index contributed by atoms with van der Waals surface area (Å²) in [6.45, 7) is 6.06. The smallest absolute Gasteiger partial charge is 0.308 e. The molecule has 4 heterocycles. The minimum Gasteiger partial charge on any atom is -0.481 e. The maximum absolute atomic E-state index is 12.1. The van der Waals surface area contributed by atoms with Gasteiger partial charge in [-0.25, -0.2) is 9.78 Å². The molecule has 27 heavy (non-hydrogen) atoms. The molecule has 3 unspecified atom stereocenters. The average Bonchev–Trinajstić information content (AvgIpc) is 2.84. The molecule has 0 amide bonds. The second kappa shape index (κ2) is 6.69. The summed E-state index contributed by atoms with van der Waals surface area (Å²) in [5.41, 5.74) is -0.697. The minimum absolute atomic E-state index is 0.0670. The maximum atomic E-state index is 12.1. The van der Waals surface area contributed by atoms with Crippen molar-refractivity contribution in [2.45, 2.75) is 83.3 Å². The van der Waals surface area contributed by atoms with Crippen molar-refractivity contribution in [3.8, 4) is 0 Å². The SMILES string of the molecule is C[C@@H]1CCC2[C@@H](C)[C@@H](OC(=O)CCC(=O)O)OC3O[C@@]4(C)CCC1[C@]32OO4. The molecule has 5 aliphatic rings. The normalized spacial score (nSPS) is 48.4. The summed E-state index contributed by atoms with van der Waals surface area (Å²) in [5, 5.41) is 8.76. The number of aliphatic carboxylic acids is 1. The van der Waals surface area contributed by atoms with Crippen molar-refractivity contribution in [3.05, 3.63) is 0 Å². The van der Waals surface area contributed by atoms with Gasteiger partial charge in [-0.3, -0.25) is 9.59 Å². The number of carboxylic acids is 1. The van der Waals surface area contributed by atoms with Crippen LogP contribution in [0.3, 0.4) is 0 Å². The van der Waals surface area contributed by atoms with E-state index in [-0.39, 0.29) is 30.6 Å². The predicted octanol–water partition coefficient (Wildman–Crippen LogP) is 2.60. The Labute approximate surface area is 158 Å². The summed E-state index contributed by atoms with van der Waals surface area (Å²) in [4.78, 5) is 34.5. The van der Waals surface area contributed by atoms with E-state index >= 15 is 0 Å². The third-order valence-corrected chi connectivity index (χ3v) is 6.89. The van der Waals surface area contributed by atoms with Crippen LogP contribution in [0.25, 0.3) is 0 Å². The molecule has 4 saturated heterocycles. The summed E-state index contributed by atoms with van der Waals surface area (Å²) in [7, 11) is 0. The predicted molar refractivity (Wildman–Crippen MR) is 89.8 cm³/mol. The van der Waals surface area contributed by atoms with Crippen molar-refractivity contribution >= 4 is 11.9 Å². The fraction of sp³-hybridized carbons (Fsp3) is 0.895. The monoisotopic (exact) mass is 384 g/mol. The summed E-state index contributed by atoms with van der Waals surface area (Å²) in [6.07, 6.45) is 1.72. The Morgan fingerprint density at radius 1 is 1.11 bits per heavy atom. The van der Waals surface area contributed by atoms with Crippen LogP contribution in [0.15, 0.2) is 0 Å². The first kappa shape index (κ1) is 19.1. The van der Waals surface area contributed by atoms with Gasteiger partial charge in [0.25, 0.3) is 0 Å². The van der Waals surface area contributed by atoms with Gasteiger partial charge in [-0.05, 0) is 38.0 Å². The molecule has 0 aromatic rings. The number of esters is 1. The van der Waals surface area contributed by atoms with Crippen LogP contribution in [0.4, 0.5) is 0 Å². The number of carboxylic acid groups (broad SMARTS) is 1. The Bertz CT molecular complexity index is 623. The van der Waals surface area contributed by atoms with Gasteiger partial charge >= 0.3 is 11.9 Å². The van der Waals surface area contributed by atoms with E-state index < -0.39 is 35.9 Å². The van der Waals surface area contributed by atoms with Gasteiger partial charge in [0, 0.05) is 18.3 Å². The summed E-state index contributed by atoms with van der Waals surface area (Å²) < 4.78 is 17.8. The number of carbonyl (C=O) groups excluding carboxylic acids is 1. The van der Waals surface area contributed by atoms with Crippen LogP contribution in [0.1, 0.15) is 59.3 Å². The van der Waals surface area contributed by atoms with Crippen LogP contribution in [-0.4, -0.2) is 41.0 Å². The molecule has 1 spiro atoms. The molecule has 5 rings (SSSR count). The molecule has 2 bridgehead atoms. The van der Waals surface area contributed by atoms with E-state index in [1.165, 1.54) is 0 Å². The topological polar surface area (TPSA) is 101 Å². The Hall–Kier alpha value is -1.22. The molecule has 0 aromatic carbocycles. The van der Waals surface area contributed by atoms with E-state index in [0.29, 0.717) is 12.3 Å². The van der Waals surface area contributed by atoms with Crippen LogP contribution in [0.2, 0.25) is 0 Å². The van der Waals surface area contributed by atoms with Crippen LogP contribution in [-0.2, 0) is 33.6 Å². The van der Waals surface area contributed by atoms with E-state index in [0.717, 1.165) is 19.3 Å². The molecule has 0 radical (unpaired) electrons. The molecule has 0 aromatic heterocycles. The number of fused-ring (bicyclic) bond motifs is 2. The lowest BCUT2D eigenvalue weighted by Gasteiger charge is -2.59. The lowest BCUT2D eigenvalue weighted by molar-refractivity contribution is -0.576. The van der Waals surface area contributed by atoms with Gasteiger partial charge in [-0.2, -0.15) is 0 Å². The Morgan fingerprint density at radius 2 is 1.89 bits per heavy atom. The number of ether oxygens (including phenoxy) is 3. The van der Waals surface area contributed by atoms with E-state index in [4.69, 9.17) is 29.1 Å². The third kappa shape index (κ3) is 3.06. The molecule has 8 heteroatoms. The third-order valence-electron chi connectivity index (χ3n) is 6.89. The molecule has 1 aliphatic carbocycles. The molecule has 8 atom stereocenters. The highest BCUT2D eigenvalue weighted by atomic mass is 17.3. The highest BCUT2D eigenvalue weighted by Crippen LogP contribution is 2.60. The standard InChI is InChI=1S/C19H28O8/c1-10-4-5-13-11(2)16(23-15(22)7-6-14(20)21)24-17-19(13)12(10)8-9-18(3,25-17)26-27-19/h10-13,16-17H,4-9H2,1-3H3,(H,20,21)/t10-,11-,12?,13?,16+,17?,18-,19-/m1/s1. The second-order valence-electron chi connectivity index (χ2n) is 8.66. The number of hydrogen-bond donors (Lipinski definition) is 1. The lowest BCUT2D eigenvalue weighted by Crippen LogP contribution is -2.70. The zero-order valence-corrected chi connectivity index (χ0v) is 16.0. The molecular weight excluding hydrogens is 356 g/mol. The zero-order chi connectivity index (χ0) is 19.4. The lowest BCUT2D eigenvalue weighted by atomic mass is 9.58. The van der Waals surface area contributed by atoms with E-state index in [1.54, 1.807) is 0 Å². The van der Waals surface area contributed by atoms with Crippen molar-refractivity contribution in [2.75, 3.05) is 0 Å². The van der Waals surface area contributed by atoms with Crippen molar-refractivity contribution in [3.63, 3.8) is 0 Å². The number of hydrogen-bond acceptors (Lipinski definition) is 7. The van der Waals surface area contributed by atoms with Gasteiger partial charge in [0.1, 0.15) is 0 Å². The van der Waals surface area contributed by atoms with Crippen molar-refractivity contribution in [1.29, 1.82) is 0 Å². The second-order valence-corrected chi connectivity index (χ2v) is 8.66. The first-order valence-corrected chi connectivity index (χ1v) is 9.86. The van der Waals surface area contributed by atoms with Crippen molar-refractivity contribution in [2.24, 2.45) is 23.7 Å². The van der Waals surface area contributed by atoms with Crippen LogP contribution in [0, 0.1) is 23.7 Å². The molecule has 1 saturated carbocycles. The Kier molecular flexibility index (Phi) is 4.73. The minimum atomic E-state index is -1.03. The average molecular weight is 384 g/mol. The van der Waals surface area contributed by atoms with Crippen LogP contribution >= 0.6 is 0 Å². The fourth-order valence-corrected chi connectivity index (χ4v) is 5.40. The summed E-state index contributed by atoms with van der Waals surface area (Å²) >= 11 is 0. The first-order valence-electron chi connectivity index (χ1n) is 9.86. The quantitative estimate of drug-likeness (QED) is 0.583.